The average molecular weight is 410 g/mol. The Kier molecular flexibility index (Phi) is 8.30. The molecule has 2 N–H and O–H groups in total. The molecule has 0 aliphatic carbocycles. The second-order valence-corrected chi connectivity index (χ2v) is 9.93. The third kappa shape index (κ3) is 7.71. The Morgan fingerprint density at radius 3 is 2.03 bits per heavy atom. The van der Waals surface area contributed by atoms with Gasteiger partial charge in [-0.2, -0.15) is 0 Å². The molecule has 1 aliphatic heterocycles. The molecule has 166 valence electrons. The van der Waals surface area contributed by atoms with Crippen molar-refractivity contribution < 1.29 is 19.1 Å². The zero-order chi connectivity index (χ0) is 22.5. The van der Waals surface area contributed by atoms with Crippen molar-refractivity contribution in [2.45, 2.75) is 90.8 Å². The first kappa shape index (κ1) is 25.0. The minimum Gasteiger partial charge on any atom is -0.444 e. The fraction of sp³-hybridized carbons (Fsp3) is 0.773. The Balaban J connectivity index is 3.07. The molecule has 7 nitrogen and oxygen atoms in total. The fourth-order valence-electron chi connectivity index (χ4n) is 3.70. The number of hydrogen-bond donors (Lipinski definition) is 2. The summed E-state index contributed by atoms with van der Waals surface area (Å²) in [6.45, 7) is 17.5. The molecule has 0 radical (unpaired) electrons. The molecule has 29 heavy (non-hydrogen) atoms. The van der Waals surface area contributed by atoms with Crippen LogP contribution in [0.3, 0.4) is 0 Å². The summed E-state index contributed by atoms with van der Waals surface area (Å²) in [6, 6.07) is 0. The number of nitrogens with one attached hydrogen (secondary N) is 2. The predicted octanol–water partition coefficient (Wildman–Crippen LogP) is 3.39. The standard InChI is InChI=1S/C22H39N3O4/c1-9-10-13-22(23-16(2)26,18(27)24-20(3,4)5)17-11-14-25(15-12-17)19(28)29-21(6,7)8/h9,17H,1,10-15H2,2-8H3,(H,23,26)(H,24,27). The summed E-state index contributed by atoms with van der Waals surface area (Å²) in [7, 11) is 0. The van der Waals surface area contributed by atoms with Crippen molar-refractivity contribution in [2.75, 3.05) is 13.1 Å². The van der Waals surface area contributed by atoms with Crippen LogP contribution in [0.2, 0.25) is 0 Å². The molecule has 1 fully saturated rings. The molecule has 1 atom stereocenters. The molecule has 0 aromatic heterocycles. The van der Waals surface area contributed by atoms with Crippen molar-refractivity contribution in [1.82, 2.24) is 15.5 Å². The minimum absolute atomic E-state index is 0.0904. The average Bonchev–Trinajstić information content (AvgIpc) is 2.55. The van der Waals surface area contributed by atoms with Crippen molar-refractivity contribution in [3.8, 4) is 0 Å². The molecular weight excluding hydrogens is 370 g/mol. The molecule has 0 aromatic rings. The van der Waals surface area contributed by atoms with Gasteiger partial charge in [-0.1, -0.05) is 6.08 Å². The van der Waals surface area contributed by atoms with E-state index in [0.717, 1.165) is 0 Å². The van der Waals surface area contributed by atoms with Gasteiger partial charge in [-0.3, -0.25) is 9.59 Å². The van der Waals surface area contributed by atoms with Crippen LogP contribution >= 0.6 is 0 Å². The number of carbonyl (C=O) groups is 3. The predicted molar refractivity (Wildman–Crippen MR) is 114 cm³/mol. The fourth-order valence-corrected chi connectivity index (χ4v) is 3.70. The smallest absolute Gasteiger partial charge is 0.410 e. The summed E-state index contributed by atoms with van der Waals surface area (Å²) < 4.78 is 5.47. The van der Waals surface area contributed by atoms with Gasteiger partial charge in [0.2, 0.25) is 11.8 Å². The second-order valence-electron chi connectivity index (χ2n) is 9.93. The molecule has 0 aromatic carbocycles. The number of allylic oxidation sites excluding steroid dienone is 1. The maximum absolute atomic E-state index is 13.4. The van der Waals surface area contributed by atoms with Gasteiger partial charge in [0.05, 0.1) is 0 Å². The van der Waals surface area contributed by atoms with Crippen LogP contribution in [0.5, 0.6) is 0 Å². The van der Waals surface area contributed by atoms with E-state index < -0.39 is 16.7 Å². The zero-order valence-corrected chi connectivity index (χ0v) is 19.2. The lowest BCUT2D eigenvalue weighted by atomic mass is 9.73. The highest BCUT2D eigenvalue weighted by atomic mass is 16.6. The summed E-state index contributed by atoms with van der Waals surface area (Å²) in [5.74, 6) is -0.516. The van der Waals surface area contributed by atoms with Crippen LogP contribution in [0.15, 0.2) is 12.7 Å². The summed E-state index contributed by atoms with van der Waals surface area (Å²) >= 11 is 0. The van der Waals surface area contributed by atoms with Crippen molar-refractivity contribution in [2.24, 2.45) is 5.92 Å². The molecule has 7 heteroatoms. The van der Waals surface area contributed by atoms with E-state index in [1.165, 1.54) is 6.92 Å². The highest BCUT2D eigenvalue weighted by Crippen LogP contribution is 2.34. The van der Waals surface area contributed by atoms with Gasteiger partial charge in [-0.05, 0) is 73.1 Å². The van der Waals surface area contributed by atoms with Crippen molar-refractivity contribution >= 4 is 17.9 Å². The lowest BCUT2D eigenvalue weighted by Gasteiger charge is -2.45. The quantitative estimate of drug-likeness (QED) is 0.658. The van der Waals surface area contributed by atoms with E-state index >= 15 is 0 Å². The third-order valence-electron chi connectivity index (χ3n) is 4.88. The number of piperidine rings is 1. The van der Waals surface area contributed by atoms with Crippen LogP contribution < -0.4 is 10.6 Å². The van der Waals surface area contributed by atoms with Crippen molar-refractivity contribution in [1.29, 1.82) is 0 Å². The minimum atomic E-state index is -1.03. The van der Waals surface area contributed by atoms with E-state index in [-0.39, 0.29) is 23.8 Å². The number of nitrogens with zero attached hydrogens (tertiary/aromatic N) is 1. The molecule has 0 spiro atoms. The van der Waals surface area contributed by atoms with Gasteiger partial charge >= 0.3 is 6.09 Å². The molecule has 1 heterocycles. The first-order valence-electron chi connectivity index (χ1n) is 10.4. The largest absolute Gasteiger partial charge is 0.444 e. The van der Waals surface area contributed by atoms with Crippen molar-refractivity contribution in [3.63, 3.8) is 0 Å². The van der Waals surface area contributed by atoms with Crippen LogP contribution in [0.1, 0.15) is 74.1 Å². The van der Waals surface area contributed by atoms with E-state index in [2.05, 4.69) is 17.2 Å². The molecule has 0 saturated carbocycles. The molecule has 1 unspecified atom stereocenters. The van der Waals surface area contributed by atoms with E-state index in [1.54, 1.807) is 11.0 Å². The normalized spacial score (nSPS) is 17.8. The van der Waals surface area contributed by atoms with Crippen LogP contribution in [-0.4, -0.2) is 52.6 Å². The van der Waals surface area contributed by atoms with Gasteiger partial charge < -0.3 is 20.3 Å². The lowest BCUT2D eigenvalue weighted by molar-refractivity contribution is -0.138. The summed E-state index contributed by atoms with van der Waals surface area (Å²) in [6.07, 6.45) is 3.70. The number of ether oxygens (including phenoxy) is 1. The molecule has 3 amide bonds. The highest BCUT2D eigenvalue weighted by molar-refractivity contribution is 5.91. The van der Waals surface area contributed by atoms with Gasteiger partial charge in [-0.15, -0.1) is 6.58 Å². The first-order valence-corrected chi connectivity index (χ1v) is 10.4. The Bertz CT molecular complexity index is 611. The third-order valence-corrected chi connectivity index (χ3v) is 4.88. The van der Waals surface area contributed by atoms with Crippen LogP contribution in [-0.2, 0) is 14.3 Å². The maximum atomic E-state index is 13.4. The number of hydrogen-bond acceptors (Lipinski definition) is 4. The van der Waals surface area contributed by atoms with Gasteiger partial charge in [0.25, 0.3) is 0 Å². The van der Waals surface area contributed by atoms with Crippen molar-refractivity contribution in [3.05, 3.63) is 12.7 Å². The Labute approximate surface area is 175 Å². The first-order chi connectivity index (χ1) is 13.2. The van der Waals surface area contributed by atoms with Crippen LogP contribution in [0, 0.1) is 5.92 Å². The number of amides is 3. The molecular formula is C22H39N3O4. The Hall–Kier alpha value is -2.05. The number of rotatable bonds is 6. The van der Waals surface area contributed by atoms with Crippen LogP contribution in [0.4, 0.5) is 4.79 Å². The second kappa shape index (κ2) is 9.63. The molecule has 0 bridgehead atoms. The van der Waals surface area contributed by atoms with Gasteiger partial charge in [0.15, 0.2) is 0 Å². The summed E-state index contributed by atoms with van der Waals surface area (Å²) in [5.41, 5.74) is -2.01. The topological polar surface area (TPSA) is 87.7 Å². The lowest BCUT2D eigenvalue weighted by Crippen LogP contribution is -2.66. The van der Waals surface area contributed by atoms with E-state index in [9.17, 15) is 14.4 Å². The zero-order valence-electron chi connectivity index (χ0n) is 19.2. The Morgan fingerprint density at radius 2 is 1.62 bits per heavy atom. The summed E-state index contributed by atoms with van der Waals surface area (Å²) in [4.78, 5) is 39.5. The maximum Gasteiger partial charge on any atom is 0.410 e. The monoisotopic (exact) mass is 409 g/mol. The summed E-state index contributed by atoms with van der Waals surface area (Å²) in [5, 5.41) is 6.01. The molecule has 1 rings (SSSR count). The SMILES string of the molecule is C=CCCC(NC(C)=O)(C(=O)NC(C)(C)C)C1CCN(C(=O)OC(C)(C)C)CC1. The van der Waals surface area contributed by atoms with Gasteiger partial charge in [0.1, 0.15) is 11.1 Å². The number of carbonyl (C=O) groups excluding carboxylic acids is 3. The molecule has 1 saturated heterocycles. The molecule has 1 aliphatic rings. The highest BCUT2D eigenvalue weighted by Gasteiger charge is 2.48. The van der Waals surface area contributed by atoms with Crippen LogP contribution in [0.25, 0.3) is 0 Å². The Morgan fingerprint density at radius 1 is 1.07 bits per heavy atom. The van der Waals surface area contributed by atoms with Gasteiger partial charge in [-0.25, -0.2) is 4.79 Å². The van der Waals surface area contributed by atoms with E-state index in [0.29, 0.717) is 38.8 Å². The number of likely N-dealkylation sites (tertiary alicyclic amines) is 1. The van der Waals surface area contributed by atoms with E-state index in [1.807, 2.05) is 41.5 Å². The van der Waals surface area contributed by atoms with E-state index in [4.69, 9.17) is 4.74 Å². The van der Waals surface area contributed by atoms with Gasteiger partial charge in [0, 0.05) is 25.6 Å².